The zero-order chi connectivity index (χ0) is 29.1. The van der Waals surface area contributed by atoms with Crippen LogP contribution in [0.5, 0.6) is 11.6 Å². The van der Waals surface area contributed by atoms with Crippen LogP contribution in [0, 0.1) is 23.1 Å². The smallest absolute Gasteiger partial charge is 0.282 e. The molecule has 0 amide bonds. The van der Waals surface area contributed by atoms with Gasteiger partial charge in [0.1, 0.15) is 17.9 Å². The molecule has 1 spiro atoms. The number of hydrogen-bond acceptors (Lipinski definition) is 8. The quantitative estimate of drug-likeness (QED) is 0.320. The van der Waals surface area contributed by atoms with E-state index in [1.54, 1.807) is 12.3 Å². The Hall–Kier alpha value is -3.17. The summed E-state index contributed by atoms with van der Waals surface area (Å²) >= 11 is 0. The number of anilines is 1. The van der Waals surface area contributed by atoms with Crippen molar-refractivity contribution < 1.29 is 9.13 Å². The van der Waals surface area contributed by atoms with Gasteiger partial charge in [-0.3, -0.25) is 9.88 Å². The van der Waals surface area contributed by atoms with Crippen molar-refractivity contribution in [2.24, 2.45) is 17.3 Å². The molecule has 2 saturated heterocycles. The maximum Gasteiger partial charge on any atom is 0.282 e. The lowest BCUT2D eigenvalue weighted by Crippen LogP contribution is -2.65. The number of nitrogens with one attached hydrogen (secondary N) is 1. The van der Waals surface area contributed by atoms with E-state index in [-0.39, 0.29) is 11.2 Å². The molecule has 5 aliphatic rings. The molecule has 9 heteroatoms. The maximum atomic E-state index is 14.5. The second kappa shape index (κ2) is 10.8. The Kier molecular flexibility index (Phi) is 6.86. The number of likely N-dealkylation sites (tertiary alicyclic amines) is 1. The lowest BCUT2D eigenvalue weighted by molar-refractivity contribution is -0.0690. The van der Waals surface area contributed by atoms with Crippen LogP contribution in [0.4, 0.5) is 10.2 Å². The summed E-state index contributed by atoms with van der Waals surface area (Å²) in [6.07, 6.45) is 12.0. The summed E-state index contributed by atoms with van der Waals surface area (Å²) in [7, 11) is 0. The Morgan fingerprint density at radius 3 is 2.63 bits per heavy atom. The normalized spacial score (nSPS) is 25.5. The SMILES string of the molecule is CC(C)[C@H](C1CC(NC2CC2)C1)N1CC2(CCN(c3ncnnc3Oc3ccc(F)cc3-c3ncccc3C3CC3)C2)C1. The molecule has 2 aliphatic heterocycles. The second-order valence-corrected chi connectivity index (χ2v) is 14.2. The van der Waals surface area contributed by atoms with Crippen LogP contribution in [0.1, 0.15) is 70.3 Å². The van der Waals surface area contributed by atoms with Gasteiger partial charge in [-0.1, -0.05) is 19.9 Å². The lowest BCUT2D eigenvalue weighted by atomic mass is 9.68. The molecule has 3 aromatic rings. The molecule has 3 saturated carbocycles. The number of pyridine rings is 1. The van der Waals surface area contributed by atoms with E-state index in [0.29, 0.717) is 40.9 Å². The van der Waals surface area contributed by atoms with Crippen LogP contribution >= 0.6 is 0 Å². The molecule has 0 bridgehead atoms. The summed E-state index contributed by atoms with van der Waals surface area (Å²) in [6.45, 7) is 8.93. The third-order valence-corrected chi connectivity index (χ3v) is 10.5. The molecule has 43 heavy (non-hydrogen) atoms. The van der Waals surface area contributed by atoms with Crippen LogP contribution < -0.4 is 15.0 Å². The fraction of sp³-hybridized carbons (Fsp3) is 0.588. The molecule has 0 radical (unpaired) electrons. The Morgan fingerprint density at radius 1 is 1.02 bits per heavy atom. The molecule has 1 atom stereocenters. The van der Waals surface area contributed by atoms with Gasteiger partial charge in [-0.25, -0.2) is 9.37 Å². The average molecular weight is 584 g/mol. The molecule has 4 heterocycles. The number of hydrogen-bond donors (Lipinski definition) is 1. The molecule has 8 nitrogen and oxygen atoms in total. The highest BCUT2D eigenvalue weighted by molar-refractivity contribution is 5.72. The fourth-order valence-corrected chi connectivity index (χ4v) is 8.11. The lowest BCUT2D eigenvalue weighted by Gasteiger charge is -2.57. The van der Waals surface area contributed by atoms with E-state index in [4.69, 9.17) is 4.74 Å². The van der Waals surface area contributed by atoms with Gasteiger partial charge in [0.2, 0.25) is 0 Å². The van der Waals surface area contributed by atoms with Crippen LogP contribution in [-0.2, 0) is 0 Å². The highest BCUT2D eigenvalue weighted by Gasteiger charge is 2.53. The minimum Gasteiger partial charge on any atom is -0.434 e. The van der Waals surface area contributed by atoms with Crippen molar-refractivity contribution in [3.63, 3.8) is 0 Å². The van der Waals surface area contributed by atoms with Crippen LogP contribution in [0.2, 0.25) is 0 Å². The van der Waals surface area contributed by atoms with E-state index in [1.165, 1.54) is 44.1 Å². The molecule has 5 fully saturated rings. The summed E-state index contributed by atoms with van der Waals surface area (Å²) < 4.78 is 20.9. The number of ether oxygens (including phenoxy) is 1. The highest BCUT2D eigenvalue weighted by atomic mass is 19.1. The predicted octanol–water partition coefficient (Wildman–Crippen LogP) is 5.81. The van der Waals surface area contributed by atoms with E-state index in [2.05, 4.69) is 55.2 Å². The molecule has 8 rings (SSSR count). The van der Waals surface area contributed by atoms with Crippen LogP contribution in [-0.4, -0.2) is 69.4 Å². The van der Waals surface area contributed by atoms with Crippen molar-refractivity contribution in [1.82, 2.24) is 30.4 Å². The van der Waals surface area contributed by atoms with Crippen molar-refractivity contribution in [2.75, 3.05) is 31.1 Å². The third-order valence-electron chi connectivity index (χ3n) is 10.5. The first-order chi connectivity index (χ1) is 20.9. The highest BCUT2D eigenvalue weighted by Crippen LogP contribution is 2.49. The Morgan fingerprint density at radius 2 is 1.86 bits per heavy atom. The third kappa shape index (κ3) is 5.39. The zero-order valence-corrected chi connectivity index (χ0v) is 25.3. The average Bonchev–Trinajstić information content (AvgIpc) is 3.91. The molecular weight excluding hydrogens is 541 g/mol. The van der Waals surface area contributed by atoms with Crippen molar-refractivity contribution in [2.45, 2.75) is 82.8 Å². The van der Waals surface area contributed by atoms with Gasteiger partial charge in [-0.05, 0) is 92.5 Å². The second-order valence-electron chi connectivity index (χ2n) is 14.2. The van der Waals surface area contributed by atoms with E-state index in [0.717, 1.165) is 74.7 Å². The first kappa shape index (κ1) is 27.4. The molecule has 0 unspecified atom stereocenters. The van der Waals surface area contributed by atoms with Gasteiger partial charge < -0.3 is 15.0 Å². The fourth-order valence-electron chi connectivity index (χ4n) is 8.11. The first-order valence-electron chi connectivity index (χ1n) is 16.3. The van der Waals surface area contributed by atoms with Gasteiger partial charge in [0, 0.05) is 61.5 Å². The Labute approximate surface area is 253 Å². The number of aromatic nitrogens is 4. The maximum absolute atomic E-state index is 14.5. The van der Waals surface area contributed by atoms with Crippen LogP contribution in [0.15, 0.2) is 42.9 Å². The zero-order valence-electron chi connectivity index (χ0n) is 25.3. The first-order valence-corrected chi connectivity index (χ1v) is 16.3. The number of benzene rings is 1. The van der Waals surface area contributed by atoms with Crippen molar-refractivity contribution in [3.05, 3.63) is 54.2 Å². The van der Waals surface area contributed by atoms with Gasteiger partial charge >= 0.3 is 0 Å². The Bertz CT molecular complexity index is 1480. The number of rotatable bonds is 10. The van der Waals surface area contributed by atoms with Gasteiger partial charge in [-0.2, -0.15) is 0 Å². The minimum atomic E-state index is -0.320. The summed E-state index contributed by atoms with van der Waals surface area (Å²) in [5.74, 6) is 3.20. The summed E-state index contributed by atoms with van der Waals surface area (Å²) in [4.78, 5) is 14.4. The molecule has 1 aromatic carbocycles. The van der Waals surface area contributed by atoms with E-state index in [9.17, 15) is 4.39 Å². The number of nitrogens with zero attached hydrogens (tertiary/aromatic N) is 6. The topological polar surface area (TPSA) is 79.3 Å². The van der Waals surface area contributed by atoms with E-state index < -0.39 is 0 Å². The molecule has 2 aromatic heterocycles. The Balaban J connectivity index is 0.971. The van der Waals surface area contributed by atoms with Crippen molar-refractivity contribution in [1.29, 1.82) is 0 Å². The van der Waals surface area contributed by atoms with E-state index in [1.807, 2.05) is 6.07 Å². The van der Waals surface area contributed by atoms with Crippen LogP contribution in [0.25, 0.3) is 11.3 Å². The van der Waals surface area contributed by atoms with Gasteiger partial charge in [0.25, 0.3) is 5.88 Å². The van der Waals surface area contributed by atoms with E-state index >= 15 is 0 Å². The standard InChI is InChI=1S/C34H42FN7O/c1-21(2)31(23-14-26(15-23)39-25-8-9-25)42-18-34(19-42)11-13-41(17-34)32-33(40-38-20-37-32)43-29-10-7-24(35)16-28(29)30-27(22-5-6-22)4-3-12-36-30/h3-4,7,10,12,16,20-23,25-26,31,39H,5-6,8-9,11,13-15,17-19H2,1-2H3/t23?,26?,31-/m1/s1. The number of halogens is 1. The van der Waals surface area contributed by atoms with Crippen LogP contribution in [0.3, 0.4) is 0 Å². The molecular formula is C34H42FN7O. The largest absolute Gasteiger partial charge is 0.434 e. The summed E-state index contributed by atoms with van der Waals surface area (Å²) in [5, 5.41) is 12.3. The van der Waals surface area contributed by atoms with Crippen molar-refractivity contribution >= 4 is 5.82 Å². The van der Waals surface area contributed by atoms with Gasteiger partial charge in [0.05, 0.1) is 5.69 Å². The molecule has 226 valence electrons. The minimum absolute atomic E-state index is 0.277. The molecule has 1 N–H and O–H groups in total. The predicted molar refractivity (Wildman–Crippen MR) is 164 cm³/mol. The monoisotopic (exact) mass is 583 g/mol. The van der Waals surface area contributed by atoms with Gasteiger partial charge in [0.15, 0.2) is 5.82 Å². The summed E-state index contributed by atoms with van der Waals surface area (Å²) in [6, 6.07) is 10.8. The summed E-state index contributed by atoms with van der Waals surface area (Å²) in [5.41, 5.74) is 2.83. The van der Waals surface area contributed by atoms with Crippen molar-refractivity contribution in [3.8, 4) is 22.9 Å². The van der Waals surface area contributed by atoms with Gasteiger partial charge in [-0.15, -0.1) is 10.2 Å². The molecule has 3 aliphatic carbocycles.